The lowest BCUT2D eigenvalue weighted by atomic mass is 9.91. The number of benzene rings is 4. The minimum absolute atomic E-state index is 0.102. The van der Waals surface area contributed by atoms with Gasteiger partial charge in [0.25, 0.3) is 5.91 Å². The smallest absolute Gasteiger partial charge is 0.328 e. The number of carbonyl (C=O) groups is 3. The summed E-state index contributed by atoms with van der Waals surface area (Å²) in [5.74, 6) is -1.58. The van der Waals surface area contributed by atoms with Crippen molar-refractivity contribution in [3.63, 3.8) is 0 Å². The Morgan fingerprint density at radius 3 is 1.95 bits per heavy atom. The van der Waals surface area contributed by atoms with Gasteiger partial charge in [0.1, 0.15) is 18.7 Å². The molecule has 0 bridgehead atoms. The second-order valence-corrected chi connectivity index (χ2v) is 8.94. The highest BCUT2D eigenvalue weighted by Crippen LogP contribution is 2.31. The second-order valence-electron chi connectivity index (χ2n) is 8.94. The van der Waals surface area contributed by atoms with Gasteiger partial charge in [0, 0.05) is 12.0 Å². The standard InChI is InChI=1S/C32H30N2O5/c1-38-31(36)28(20-22-12-4-2-5-13-22)34-30(35)27-19-11-9-17-25(27)24-16-8-10-18-26(24)29(33)32(37)39-21-23-14-6-3-7-15-23/h2-19,28-29H,20-21,33H2,1H3,(H,34,35). The monoisotopic (exact) mass is 522 g/mol. The van der Waals surface area contributed by atoms with Gasteiger partial charge < -0.3 is 20.5 Å². The largest absolute Gasteiger partial charge is 0.467 e. The first kappa shape index (κ1) is 27.3. The van der Waals surface area contributed by atoms with Crippen LogP contribution in [-0.2, 0) is 32.1 Å². The topological polar surface area (TPSA) is 108 Å². The van der Waals surface area contributed by atoms with Crippen molar-refractivity contribution in [3.05, 3.63) is 131 Å². The fourth-order valence-electron chi connectivity index (χ4n) is 4.30. The Balaban J connectivity index is 1.58. The summed E-state index contributed by atoms with van der Waals surface area (Å²) in [6.07, 6.45) is 0.274. The number of nitrogens with one attached hydrogen (secondary N) is 1. The van der Waals surface area contributed by atoms with E-state index in [-0.39, 0.29) is 13.0 Å². The van der Waals surface area contributed by atoms with E-state index in [0.29, 0.717) is 22.3 Å². The quantitative estimate of drug-likeness (QED) is 0.295. The summed E-state index contributed by atoms with van der Waals surface area (Å²) in [6.45, 7) is 0.102. The highest BCUT2D eigenvalue weighted by molar-refractivity contribution is 6.03. The minimum Gasteiger partial charge on any atom is -0.467 e. The number of ether oxygens (including phenoxy) is 2. The molecule has 3 N–H and O–H groups in total. The molecule has 198 valence electrons. The van der Waals surface area contributed by atoms with Gasteiger partial charge in [-0.25, -0.2) is 9.59 Å². The van der Waals surface area contributed by atoms with Crippen molar-refractivity contribution < 1.29 is 23.9 Å². The normalized spacial score (nSPS) is 12.2. The van der Waals surface area contributed by atoms with Gasteiger partial charge in [-0.2, -0.15) is 0 Å². The number of hydrogen-bond acceptors (Lipinski definition) is 6. The molecule has 39 heavy (non-hydrogen) atoms. The maximum absolute atomic E-state index is 13.5. The zero-order chi connectivity index (χ0) is 27.6. The molecule has 4 aromatic rings. The third-order valence-electron chi connectivity index (χ3n) is 6.31. The van der Waals surface area contributed by atoms with Crippen LogP contribution in [0.2, 0.25) is 0 Å². The van der Waals surface area contributed by atoms with Crippen LogP contribution in [0.3, 0.4) is 0 Å². The van der Waals surface area contributed by atoms with Crippen molar-refractivity contribution in [3.8, 4) is 11.1 Å². The number of amides is 1. The van der Waals surface area contributed by atoms with Gasteiger partial charge in [-0.1, -0.05) is 103 Å². The van der Waals surface area contributed by atoms with E-state index in [1.807, 2.05) is 66.7 Å². The first-order valence-corrected chi connectivity index (χ1v) is 12.5. The van der Waals surface area contributed by atoms with Gasteiger partial charge in [0.05, 0.1) is 7.11 Å². The molecule has 4 aromatic carbocycles. The fraction of sp³-hybridized carbons (Fsp3) is 0.156. The molecule has 0 fully saturated rings. The van der Waals surface area contributed by atoms with Crippen molar-refractivity contribution in [1.82, 2.24) is 5.32 Å². The number of methoxy groups -OCH3 is 1. The summed E-state index contributed by atoms with van der Waals surface area (Å²) in [6, 6.07) is 30.9. The Bertz CT molecular complexity index is 1420. The first-order chi connectivity index (χ1) is 19.0. The molecular formula is C32H30N2O5. The molecule has 0 saturated heterocycles. The molecule has 0 aliphatic carbocycles. The SMILES string of the molecule is COC(=O)C(Cc1ccccc1)NC(=O)c1ccccc1-c1ccccc1C(N)C(=O)OCc1ccccc1. The van der Waals surface area contributed by atoms with Crippen LogP contribution in [0.4, 0.5) is 0 Å². The molecule has 0 heterocycles. The summed E-state index contributed by atoms with van der Waals surface area (Å²) in [7, 11) is 1.29. The maximum atomic E-state index is 13.5. The molecule has 0 saturated carbocycles. The average molecular weight is 523 g/mol. The highest BCUT2D eigenvalue weighted by Gasteiger charge is 2.26. The molecule has 2 unspecified atom stereocenters. The van der Waals surface area contributed by atoms with Crippen LogP contribution >= 0.6 is 0 Å². The van der Waals surface area contributed by atoms with Gasteiger partial charge in [-0.05, 0) is 33.9 Å². The molecule has 7 nitrogen and oxygen atoms in total. The van der Waals surface area contributed by atoms with Crippen LogP contribution in [0.25, 0.3) is 11.1 Å². The fourth-order valence-corrected chi connectivity index (χ4v) is 4.30. The predicted octanol–water partition coefficient (Wildman–Crippen LogP) is 4.61. The Morgan fingerprint density at radius 1 is 0.718 bits per heavy atom. The second kappa shape index (κ2) is 13.2. The third-order valence-corrected chi connectivity index (χ3v) is 6.31. The summed E-state index contributed by atoms with van der Waals surface area (Å²) in [5.41, 5.74) is 10.1. The van der Waals surface area contributed by atoms with Gasteiger partial charge in [0.15, 0.2) is 0 Å². The summed E-state index contributed by atoms with van der Waals surface area (Å²) in [4.78, 5) is 38.9. The van der Waals surface area contributed by atoms with Gasteiger partial charge in [0.2, 0.25) is 0 Å². The molecule has 7 heteroatoms. The van der Waals surface area contributed by atoms with Crippen LogP contribution in [0, 0.1) is 0 Å². The van der Waals surface area contributed by atoms with Gasteiger partial charge in [-0.15, -0.1) is 0 Å². The van der Waals surface area contributed by atoms with Crippen molar-refractivity contribution in [2.45, 2.75) is 25.1 Å². The predicted molar refractivity (Wildman–Crippen MR) is 148 cm³/mol. The summed E-state index contributed by atoms with van der Waals surface area (Å²) < 4.78 is 10.4. The van der Waals surface area contributed by atoms with Crippen molar-refractivity contribution in [2.75, 3.05) is 7.11 Å². The van der Waals surface area contributed by atoms with Gasteiger partial charge in [-0.3, -0.25) is 4.79 Å². The zero-order valence-electron chi connectivity index (χ0n) is 21.6. The van der Waals surface area contributed by atoms with E-state index in [1.54, 1.807) is 42.5 Å². The van der Waals surface area contributed by atoms with Crippen molar-refractivity contribution >= 4 is 17.8 Å². The molecule has 4 rings (SSSR count). The molecule has 0 aliphatic heterocycles. The summed E-state index contributed by atoms with van der Waals surface area (Å²) in [5, 5.41) is 2.82. The average Bonchev–Trinajstić information content (AvgIpc) is 2.99. The molecule has 0 radical (unpaired) electrons. The van der Waals surface area contributed by atoms with Crippen LogP contribution in [0.15, 0.2) is 109 Å². The van der Waals surface area contributed by atoms with Crippen molar-refractivity contribution in [2.24, 2.45) is 5.73 Å². The van der Waals surface area contributed by atoms with Crippen LogP contribution in [0.5, 0.6) is 0 Å². The van der Waals surface area contributed by atoms with E-state index in [0.717, 1.165) is 11.1 Å². The van der Waals surface area contributed by atoms with E-state index >= 15 is 0 Å². The maximum Gasteiger partial charge on any atom is 0.328 e. The van der Waals surface area contributed by atoms with E-state index in [9.17, 15) is 14.4 Å². The molecule has 2 atom stereocenters. The Kier molecular flexibility index (Phi) is 9.21. The van der Waals surface area contributed by atoms with E-state index in [2.05, 4.69) is 5.32 Å². The number of nitrogens with two attached hydrogens (primary N) is 1. The number of carbonyl (C=O) groups excluding carboxylic acids is 3. The Labute approximate surface area is 227 Å². The minimum atomic E-state index is -1.07. The van der Waals surface area contributed by atoms with Crippen molar-refractivity contribution in [1.29, 1.82) is 0 Å². The molecular weight excluding hydrogens is 492 g/mol. The van der Waals surface area contributed by atoms with E-state index in [4.69, 9.17) is 15.2 Å². The highest BCUT2D eigenvalue weighted by atomic mass is 16.5. The number of rotatable bonds is 10. The lowest BCUT2D eigenvalue weighted by molar-refractivity contribution is -0.146. The van der Waals surface area contributed by atoms with Crippen LogP contribution in [-0.4, -0.2) is 31.0 Å². The lowest BCUT2D eigenvalue weighted by Crippen LogP contribution is -2.43. The molecule has 1 amide bonds. The van der Waals surface area contributed by atoms with E-state index < -0.39 is 29.9 Å². The van der Waals surface area contributed by atoms with E-state index in [1.165, 1.54) is 7.11 Å². The number of hydrogen-bond donors (Lipinski definition) is 2. The van der Waals surface area contributed by atoms with Crippen LogP contribution < -0.4 is 11.1 Å². The van der Waals surface area contributed by atoms with Gasteiger partial charge >= 0.3 is 11.9 Å². The zero-order valence-corrected chi connectivity index (χ0v) is 21.6. The molecule has 0 spiro atoms. The lowest BCUT2D eigenvalue weighted by Gasteiger charge is -2.20. The number of esters is 2. The third kappa shape index (κ3) is 6.97. The molecule has 0 aromatic heterocycles. The molecule has 0 aliphatic rings. The van der Waals surface area contributed by atoms with Crippen LogP contribution in [0.1, 0.15) is 33.1 Å². The Hall–Kier alpha value is -4.75. The first-order valence-electron chi connectivity index (χ1n) is 12.5. The Morgan fingerprint density at radius 2 is 1.28 bits per heavy atom. The summed E-state index contributed by atoms with van der Waals surface area (Å²) >= 11 is 0.